The Morgan fingerprint density at radius 1 is 1.68 bits per heavy atom. The number of nitriles is 1. The molecule has 2 N–H and O–H groups in total. The molecule has 0 aliphatic heterocycles. The minimum Gasteiger partial charge on any atom is -0.492 e. The van der Waals surface area contributed by atoms with Gasteiger partial charge in [-0.25, -0.2) is 9.31 Å². The normalized spacial score (nSPS) is 11.8. The second-order valence-corrected chi connectivity index (χ2v) is 3.94. The van der Waals surface area contributed by atoms with Gasteiger partial charge in [0.2, 0.25) is 0 Å². The lowest BCUT2D eigenvalue weighted by Crippen LogP contribution is -2.09. The summed E-state index contributed by atoms with van der Waals surface area (Å²) in [7, 11) is 1.44. The second-order valence-electron chi connectivity index (χ2n) is 3.94. The number of hydrogen-bond acceptors (Lipinski definition) is 4. The highest BCUT2D eigenvalue weighted by molar-refractivity contribution is 5.89. The molecule has 0 saturated heterocycles. The van der Waals surface area contributed by atoms with Crippen LogP contribution in [0.4, 0.5) is 10.5 Å². The van der Waals surface area contributed by atoms with E-state index in [1.165, 1.54) is 7.11 Å². The maximum atomic E-state index is 10.7. The van der Waals surface area contributed by atoms with Crippen molar-refractivity contribution in [1.29, 1.82) is 5.26 Å². The van der Waals surface area contributed by atoms with E-state index in [1.807, 2.05) is 0 Å². The quantitative estimate of drug-likeness (QED) is 0.879. The van der Waals surface area contributed by atoms with E-state index in [1.54, 1.807) is 29.9 Å². The molecule has 0 fully saturated rings. The van der Waals surface area contributed by atoms with Gasteiger partial charge in [0, 0.05) is 11.8 Å². The fraction of sp³-hybridized carbons (Fsp3) is 0.250. The number of nitrogens with one attached hydrogen (secondary N) is 1. The van der Waals surface area contributed by atoms with Crippen molar-refractivity contribution in [3.63, 3.8) is 0 Å². The average molecular weight is 260 g/mol. The minimum absolute atomic E-state index is 0.314. The second kappa shape index (κ2) is 4.86. The Morgan fingerprint density at radius 2 is 2.42 bits per heavy atom. The van der Waals surface area contributed by atoms with Crippen molar-refractivity contribution in [2.24, 2.45) is 0 Å². The van der Waals surface area contributed by atoms with Crippen molar-refractivity contribution in [3.05, 3.63) is 24.0 Å². The summed E-state index contributed by atoms with van der Waals surface area (Å²) in [6.45, 7) is 1.74. The van der Waals surface area contributed by atoms with Crippen molar-refractivity contribution >= 4 is 17.3 Å². The van der Waals surface area contributed by atoms with Gasteiger partial charge in [0.15, 0.2) is 5.75 Å². The van der Waals surface area contributed by atoms with Crippen molar-refractivity contribution < 1.29 is 14.6 Å². The summed E-state index contributed by atoms with van der Waals surface area (Å²) in [4.78, 5) is 10.7. The first-order chi connectivity index (χ1) is 9.08. The van der Waals surface area contributed by atoms with Crippen LogP contribution in [0.25, 0.3) is 5.52 Å². The maximum absolute atomic E-state index is 10.7. The molecule has 0 bridgehead atoms. The molecule has 0 aromatic carbocycles. The lowest BCUT2D eigenvalue weighted by molar-refractivity contribution is 0.209. The fourth-order valence-corrected chi connectivity index (χ4v) is 1.88. The molecule has 19 heavy (non-hydrogen) atoms. The van der Waals surface area contributed by atoms with Gasteiger partial charge < -0.3 is 9.84 Å². The third-order valence-electron chi connectivity index (χ3n) is 2.77. The summed E-state index contributed by atoms with van der Waals surface area (Å²) in [5.41, 5.74) is 1.59. The fourth-order valence-electron chi connectivity index (χ4n) is 1.88. The van der Waals surface area contributed by atoms with Gasteiger partial charge in [0.1, 0.15) is 5.52 Å². The van der Waals surface area contributed by atoms with Gasteiger partial charge in [-0.2, -0.15) is 10.4 Å². The van der Waals surface area contributed by atoms with E-state index in [-0.39, 0.29) is 5.92 Å². The number of hydrogen-bond donors (Lipinski definition) is 2. The Balaban J connectivity index is 2.69. The summed E-state index contributed by atoms with van der Waals surface area (Å²) in [5.74, 6) is -0.0222. The van der Waals surface area contributed by atoms with E-state index >= 15 is 0 Å². The van der Waals surface area contributed by atoms with Crippen LogP contribution in [0.5, 0.6) is 5.75 Å². The lowest BCUT2D eigenvalue weighted by Gasteiger charge is -2.11. The van der Waals surface area contributed by atoms with Crippen molar-refractivity contribution in [3.8, 4) is 11.8 Å². The molecule has 98 valence electrons. The van der Waals surface area contributed by atoms with Crippen LogP contribution in [-0.4, -0.2) is 27.9 Å². The number of carboxylic acid groups (broad SMARTS) is 1. The molecule has 2 aromatic rings. The monoisotopic (exact) mass is 260 g/mol. The molecular formula is C12H12N4O3. The van der Waals surface area contributed by atoms with Gasteiger partial charge in [-0.3, -0.25) is 5.32 Å². The van der Waals surface area contributed by atoms with E-state index in [2.05, 4.69) is 16.5 Å². The predicted octanol–water partition coefficient (Wildman–Crippen LogP) is 2.06. The number of carbonyl (C=O) groups is 1. The third kappa shape index (κ3) is 2.15. The minimum atomic E-state index is -1.18. The summed E-state index contributed by atoms with van der Waals surface area (Å²) < 4.78 is 6.81. The molecule has 2 aromatic heterocycles. The highest BCUT2D eigenvalue weighted by Gasteiger charge is 2.18. The van der Waals surface area contributed by atoms with E-state index in [0.717, 1.165) is 0 Å². The number of rotatable bonds is 3. The van der Waals surface area contributed by atoms with E-state index in [9.17, 15) is 4.79 Å². The van der Waals surface area contributed by atoms with Gasteiger partial charge in [-0.05, 0) is 13.0 Å². The van der Waals surface area contributed by atoms with Crippen LogP contribution in [0.1, 0.15) is 18.4 Å². The highest BCUT2D eigenvalue weighted by Crippen LogP contribution is 2.34. The Labute approximate surface area is 109 Å². The van der Waals surface area contributed by atoms with Crippen LogP contribution in [0, 0.1) is 11.3 Å². The van der Waals surface area contributed by atoms with Gasteiger partial charge in [0.25, 0.3) is 0 Å². The average Bonchev–Trinajstić information content (AvgIpc) is 2.81. The van der Waals surface area contributed by atoms with E-state index in [4.69, 9.17) is 15.1 Å². The molecule has 0 radical (unpaired) electrons. The molecular weight excluding hydrogens is 248 g/mol. The van der Waals surface area contributed by atoms with E-state index in [0.29, 0.717) is 22.5 Å². The maximum Gasteiger partial charge on any atom is 0.409 e. The zero-order valence-corrected chi connectivity index (χ0v) is 10.4. The number of amides is 1. The number of pyridine rings is 1. The molecule has 2 heterocycles. The van der Waals surface area contributed by atoms with Crippen LogP contribution in [0.3, 0.4) is 0 Å². The number of aromatic nitrogens is 2. The smallest absolute Gasteiger partial charge is 0.409 e. The molecule has 1 amide bonds. The molecule has 2 rings (SSSR count). The zero-order chi connectivity index (χ0) is 14.0. The number of fused-ring (bicyclic) bond motifs is 1. The molecule has 0 spiro atoms. The van der Waals surface area contributed by atoms with Crippen LogP contribution < -0.4 is 10.1 Å². The van der Waals surface area contributed by atoms with Crippen LogP contribution in [0.15, 0.2) is 18.5 Å². The van der Waals surface area contributed by atoms with Crippen LogP contribution in [0.2, 0.25) is 0 Å². The molecule has 7 heteroatoms. The summed E-state index contributed by atoms with van der Waals surface area (Å²) >= 11 is 0. The zero-order valence-electron chi connectivity index (χ0n) is 10.4. The van der Waals surface area contributed by atoms with Gasteiger partial charge >= 0.3 is 6.09 Å². The Kier molecular flexibility index (Phi) is 3.25. The first kappa shape index (κ1) is 12.7. The molecule has 7 nitrogen and oxygen atoms in total. The van der Waals surface area contributed by atoms with E-state index < -0.39 is 6.09 Å². The molecule has 0 saturated carbocycles. The topological polar surface area (TPSA) is 99.7 Å². The van der Waals surface area contributed by atoms with Crippen LogP contribution >= 0.6 is 0 Å². The van der Waals surface area contributed by atoms with Crippen molar-refractivity contribution in [2.45, 2.75) is 12.8 Å². The SMILES string of the molecule is COc1c(NC(=O)O)ccn2ncc(C(C)C#N)c12. The summed E-state index contributed by atoms with van der Waals surface area (Å²) in [6.07, 6.45) is 2.00. The summed E-state index contributed by atoms with van der Waals surface area (Å²) in [6, 6.07) is 3.67. The Bertz CT molecular complexity index is 671. The molecule has 0 aliphatic carbocycles. The number of nitrogens with zero attached hydrogens (tertiary/aromatic N) is 3. The summed E-state index contributed by atoms with van der Waals surface area (Å²) in [5, 5.41) is 24.2. The third-order valence-corrected chi connectivity index (χ3v) is 2.77. The number of anilines is 1. The van der Waals surface area contributed by atoms with Crippen LogP contribution in [-0.2, 0) is 0 Å². The van der Waals surface area contributed by atoms with Crippen molar-refractivity contribution in [2.75, 3.05) is 12.4 Å². The predicted molar refractivity (Wildman–Crippen MR) is 67.4 cm³/mol. The van der Waals surface area contributed by atoms with Gasteiger partial charge in [0.05, 0.1) is 31.0 Å². The van der Waals surface area contributed by atoms with Crippen molar-refractivity contribution in [1.82, 2.24) is 9.61 Å². The largest absolute Gasteiger partial charge is 0.492 e. The molecule has 1 unspecified atom stereocenters. The number of ether oxygens (including phenoxy) is 1. The molecule has 0 aliphatic rings. The lowest BCUT2D eigenvalue weighted by atomic mass is 10.0. The highest BCUT2D eigenvalue weighted by atomic mass is 16.5. The first-order valence-corrected chi connectivity index (χ1v) is 5.52. The standard InChI is InChI=1S/C12H12N4O3/c1-7(5-13)8-6-14-16-4-3-9(15-12(17)18)11(19-2)10(8)16/h3-4,6-7,15H,1-2H3,(H,17,18). The van der Waals surface area contributed by atoms with Gasteiger partial charge in [-0.15, -0.1) is 0 Å². The molecule has 1 atom stereocenters. The first-order valence-electron chi connectivity index (χ1n) is 5.52. The van der Waals surface area contributed by atoms with Gasteiger partial charge in [-0.1, -0.05) is 0 Å². The Morgan fingerprint density at radius 3 is 3.00 bits per heavy atom. The number of methoxy groups -OCH3 is 1. The Hall–Kier alpha value is -2.75.